The second-order valence-electron chi connectivity index (χ2n) is 4.45. The molecule has 0 spiro atoms. The van der Waals surface area contributed by atoms with E-state index in [1.54, 1.807) is 26.4 Å². The maximum atomic E-state index is 12.8. The van der Waals surface area contributed by atoms with Crippen LogP contribution in [0.4, 0.5) is 10.1 Å². The van der Waals surface area contributed by atoms with Crippen LogP contribution in [-0.4, -0.2) is 14.2 Å². The average molecular weight is 275 g/mol. The van der Waals surface area contributed by atoms with Crippen molar-refractivity contribution in [2.24, 2.45) is 0 Å². The van der Waals surface area contributed by atoms with Crippen molar-refractivity contribution in [3.63, 3.8) is 0 Å². The summed E-state index contributed by atoms with van der Waals surface area (Å²) < 4.78 is 23.3. The Hall–Kier alpha value is -2.07. The van der Waals surface area contributed by atoms with Crippen LogP contribution in [-0.2, 0) is 17.9 Å². The summed E-state index contributed by atoms with van der Waals surface area (Å²) in [4.78, 5) is 0. The van der Waals surface area contributed by atoms with E-state index >= 15 is 0 Å². The molecule has 0 heterocycles. The minimum absolute atomic E-state index is 0.227. The van der Waals surface area contributed by atoms with Gasteiger partial charge in [-0.05, 0) is 35.4 Å². The van der Waals surface area contributed by atoms with Crippen LogP contribution >= 0.6 is 0 Å². The van der Waals surface area contributed by atoms with Crippen LogP contribution in [0.5, 0.6) is 5.75 Å². The average Bonchev–Trinajstić information content (AvgIpc) is 2.47. The summed E-state index contributed by atoms with van der Waals surface area (Å²) in [5, 5.41) is 3.28. The number of nitrogens with one attached hydrogen (secondary N) is 1. The van der Waals surface area contributed by atoms with E-state index in [2.05, 4.69) is 5.32 Å². The van der Waals surface area contributed by atoms with E-state index in [-0.39, 0.29) is 5.82 Å². The molecular weight excluding hydrogens is 257 g/mol. The lowest BCUT2D eigenvalue weighted by Crippen LogP contribution is -2.02. The molecule has 0 radical (unpaired) electrons. The number of ether oxygens (including phenoxy) is 2. The van der Waals surface area contributed by atoms with E-state index in [4.69, 9.17) is 9.47 Å². The minimum Gasteiger partial charge on any atom is -0.495 e. The highest BCUT2D eigenvalue weighted by Gasteiger charge is 2.04. The lowest BCUT2D eigenvalue weighted by molar-refractivity contribution is 0.184. The van der Waals surface area contributed by atoms with Gasteiger partial charge in [0.15, 0.2) is 0 Å². The van der Waals surface area contributed by atoms with Gasteiger partial charge in [0.1, 0.15) is 11.6 Å². The molecule has 0 saturated heterocycles. The highest BCUT2D eigenvalue weighted by atomic mass is 19.1. The maximum Gasteiger partial charge on any atom is 0.142 e. The zero-order valence-corrected chi connectivity index (χ0v) is 11.7. The van der Waals surface area contributed by atoms with Gasteiger partial charge in [0.25, 0.3) is 0 Å². The van der Waals surface area contributed by atoms with Crippen LogP contribution in [0, 0.1) is 5.82 Å². The first kappa shape index (κ1) is 14.3. The Morgan fingerprint density at radius 3 is 2.35 bits per heavy atom. The van der Waals surface area contributed by atoms with Gasteiger partial charge in [-0.15, -0.1) is 0 Å². The van der Waals surface area contributed by atoms with Crippen molar-refractivity contribution < 1.29 is 13.9 Å². The molecule has 0 bridgehead atoms. The lowest BCUT2D eigenvalue weighted by Gasteiger charge is -2.12. The fourth-order valence-electron chi connectivity index (χ4n) is 1.94. The molecule has 0 aliphatic rings. The third-order valence-electron chi connectivity index (χ3n) is 2.97. The molecule has 20 heavy (non-hydrogen) atoms. The van der Waals surface area contributed by atoms with Crippen molar-refractivity contribution in [2.45, 2.75) is 13.2 Å². The topological polar surface area (TPSA) is 30.5 Å². The number of hydrogen-bond donors (Lipinski definition) is 1. The van der Waals surface area contributed by atoms with Crippen LogP contribution in [0.25, 0.3) is 0 Å². The molecular formula is C16H18FNO2. The molecule has 0 aromatic heterocycles. The van der Waals surface area contributed by atoms with Gasteiger partial charge in [-0.3, -0.25) is 0 Å². The summed E-state index contributed by atoms with van der Waals surface area (Å²) in [6, 6.07) is 12.3. The molecule has 0 amide bonds. The highest BCUT2D eigenvalue weighted by Crippen LogP contribution is 2.26. The van der Waals surface area contributed by atoms with Gasteiger partial charge in [-0.25, -0.2) is 4.39 Å². The van der Waals surface area contributed by atoms with Crippen molar-refractivity contribution in [2.75, 3.05) is 19.5 Å². The molecule has 4 heteroatoms. The summed E-state index contributed by atoms with van der Waals surface area (Å²) in [5.74, 6) is 0.539. The molecule has 0 fully saturated rings. The van der Waals surface area contributed by atoms with Crippen molar-refractivity contribution in [1.29, 1.82) is 0 Å². The zero-order chi connectivity index (χ0) is 14.4. The van der Waals surface area contributed by atoms with Gasteiger partial charge in [0.2, 0.25) is 0 Å². The Morgan fingerprint density at radius 1 is 1.00 bits per heavy atom. The Labute approximate surface area is 118 Å². The fourth-order valence-corrected chi connectivity index (χ4v) is 1.94. The number of benzene rings is 2. The second-order valence-corrected chi connectivity index (χ2v) is 4.45. The van der Waals surface area contributed by atoms with E-state index in [9.17, 15) is 4.39 Å². The normalized spacial score (nSPS) is 10.3. The number of hydrogen-bond acceptors (Lipinski definition) is 3. The van der Waals surface area contributed by atoms with E-state index in [1.165, 1.54) is 12.1 Å². The van der Waals surface area contributed by atoms with Crippen LogP contribution < -0.4 is 10.1 Å². The summed E-state index contributed by atoms with van der Waals surface area (Å²) in [7, 11) is 3.29. The predicted molar refractivity (Wildman–Crippen MR) is 77.4 cm³/mol. The highest BCUT2D eigenvalue weighted by molar-refractivity contribution is 5.58. The summed E-state index contributed by atoms with van der Waals surface area (Å²) in [5.41, 5.74) is 2.96. The van der Waals surface area contributed by atoms with Crippen LogP contribution in [0.1, 0.15) is 11.1 Å². The third kappa shape index (κ3) is 3.71. The van der Waals surface area contributed by atoms with Gasteiger partial charge in [-0.2, -0.15) is 0 Å². The molecule has 2 aromatic rings. The number of halogens is 1. The first-order valence-corrected chi connectivity index (χ1v) is 6.37. The monoisotopic (exact) mass is 275 g/mol. The molecule has 0 aliphatic carbocycles. The fraction of sp³-hybridized carbons (Fsp3) is 0.250. The SMILES string of the molecule is COCc1ccc(NCc2ccc(F)cc2)c(OC)c1. The second kappa shape index (κ2) is 6.91. The van der Waals surface area contributed by atoms with Crippen LogP contribution in [0.3, 0.4) is 0 Å². The quantitative estimate of drug-likeness (QED) is 0.874. The number of methoxy groups -OCH3 is 2. The predicted octanol–water partition coefficient (Wildman–Crippen LogP) is 3.59. The standard InChI is InChI=1S/C16H18FNO2/c1-19-11-13-5-8-15(16(9-13)20-2)18-10-12-3-6-14(17)7-4-12/h3-9,18H,10-11H2,1-2H3. The van der Waals surface area contributed by atoms with Crippen molar-refractivity contribution in [1.82, 2.24) is 0 Å². The summed E-state index contributed by atoms with van der Waals surface area (Å²) in [6.07, 6.45) is 0. The van der Waals surface area contributed by atoms with Gasteiger partial charge >= 0.3 is 0 Å². The number of rotatable bonds is 6. The molecule has 2 rings (SSSR count). The molecule has 0 saturated carbocycles. The van der Waals surface area contributed by atoms with E-state index < -0.39 is 0 Å². The lowest BCUT2D eigenvalue weighted by atomic mass is 10.1. The molecule has 2 aromatic carbocycles. The molecule has 106 valence electrons. The van der Waals surface area contributed by atoms with Gasteiger partial charge in [-0.1, -0.05) is 18.2 Å². The van der Waals surface area contributed by atoms with Crippen LogP contribution in [0.2, 0.25) is 0 Å². The molecule has 3 nitrogen and oxygen atoms in total. The van der Waals surface area contributed by atoms with Crippen LogP contribution in [0.15, 0.2) is 42.5 Å². The van der Waals surface area contributed by atoms with Gasteiger partial charge in [0, 0.05) is 13.7 Å². The van der Waals surface area contributed by atoms with Gasteiger partial charge in [0.05, 0.1) is 19.4 Å². The molecule has 0 unspecified atom stereocenters. The number of anilines is 1. The zero-order valence-electron chi connectivity index (χ0n) is 11.7. The first-order chi connectivity index (χ1) is 9.72. The van der Waals surface area contributed by atoms with E-state index in [1.807, 2.05) is 18.2 Å². The minimum atomic E-state index is -0.227. The van der Waals surface area contributed by atoms with E-state index in [0.717, 1.165) is 22.6 Å². The Kier molecular flexibility index (Phi) is 4.96. The van der Waals surface area contributed by atoms with Crippen molar-refractivity contribution in [3.05, 3.63) is 59.4 Å². The summed E-state index contributed by atoms with van der Waals surface area (Å²) >= 11 is 0. The third-order valence-corrected chi connectivity index (χ3v) is 2.97. The molecule has 1 N–H and O–H groups in total. The Balaban J connectivity index is 2.06. The molecule has 0 aliphatic heterocycles. The largest absolute Gasteiger partial charge is 0.495 e. The first-order valence-electron chi connectivity index (χ1n) is 6.37. The Bertz CT molecular complexity index is 555. The Morgan fingerprint density at radius 2 is 1.70 bits per heavy atom. The smallest absolute Gasteiger partial charge is 0.142 e. The van der Waals surface area contributed by atoms with E-state index in [0.29, 0.717) is 13.2 Å². The van der Waals surface area contributed by atoms with Crippen molar-refractivity contribution >= 4 is 5.69 Å². The van der Waals surface area contributed by atoms with Crippen molar-refractivity contribution in [3.8, 4) is 5.75 Å². The molecule has 0 atom stereocenters. The maximum absolute atomic E-state index is 12.8. The summed E-state index contributed by atoms with van der Waals surface area (Å²) in [6.45, 7) is 1.16. The van der Waals surface area contributed by atoms with Gasteiger partial charge < -0.3 is 14.8 Å².